The lowest BCUT2D eigenvalue weighted by molar-refractivity contribution is -0.122. The van der Waals surface area contributed by atoms with Crippen LogP contribution >= 0.6 is 23.8 Å². The summed E-state index contributed by atoms with van der Waals surface area (Å²) in [5.74, 6) is -0.398. The summed E-state index contributed by atoms with van der Waals surface area (Å²) < 4.78 is 5.90. The fourth-order valence-corrected chi connectivity index (χ4v) is 3.49. The molecule has 0 aliphatic carbocycles. The molecule has 1 saturated heterocycles. The second-order valence-corrected chi connectivity index (χ2v) is 7.70. The van der Waals surface area contributed by atoms with E-state index in [4.69, 9.17) is 28.6 Å². The van der Waals surface area contributed by atoms with E-state index in [-0.39, 0.29) is 10.7 Å². The van der Waals surface area contributed by atoms with Gasteiger partial charge in [-0.1, -0.05) is 56.0 Å². The molecule has 0 aromatic heterocycles. The molecule has 1 aliphatic rings. The molecule has 2 aromatic rings. The zero-order chi connectivity index (χ0) is 21.5. The van der Waals surface area contributed by atoms with Crippen molar-refractivity contribution < 1.29 is 14.3 Å². The van der Waals surface area contributed by atoms with Gasteiger partial charge >= 0.3 is 0 Å². The van der Waals surface area contributed by atoms with E-state index in [1.54, 1.807) is 30.3 Å². The topological polar surface area (TPSA) is 58.6 Å². The summed E-state index contributed by atoms with van der Waals surface area (Å²) in [7, 11) is 0. The van der Waals surface area contributed by atoms with E-state index in [0.717, 1.165) is 19.3 Å². The first-order chi connectivity index (χ1) is 14.5. The maximum Gasteiger partial charge on any atom is 0.270 e. The number of amides is 2. The molecule has 3 rings (SSSR count). The summed E-state index contributed by atoms with van der Waals surface area (Å²) >= 11 is 11.2. The number of para-hydroxylation sites is 1. The Labute approximate surface area is 186 Å². The number of nitrogens with one attached hydrogen (secondary N) is 1. The Kier molecular flexibility index (Phi) is 7.60. The number of carbonyl (C=O) groups is 2. The highest BCUT2D eigenvalue weighted by molar-refractivity contribution is 7.80. The van der Waals surface area contributed by atoms with Crippen molar-refractivity contribution in [3.05, 3.63) is 64.7 Å². The predicted octanol–water partition coefficient (Wildman–Crippen LogP) is 5.13. The van der Waals surface area contributed by atoms with E-state index in [2.05, 4.69) is 12.2 Å². The third-order valence-corrected chi connectivity index (χ3v) is 5.20. The van der Waals surface area contributed by atoms with E-state index < -0.39 is 11.8 Å². The molecule has 1 N–H and O–H groups in total. The summed E-state index contributed by atoms with van der Waals surface area (Å²) in [5.41, 5.74) is 1.18. The first-order valence-electron chi connectivity index (χ1n) is 9.90. The second-order valence-electron chi connectivity index (χ2n) is 6.88. The quantitative estimate of drug-likeness (QED) is 0.266. The molecule has 0 atom stereocenters. The normalized spacial score (nSPS) is 15.5. The molecule has 1 fully saturated rings. The van der Waals surface area contributed by atoms with Gasteiger partial charge < -0.3 is 4.74 Å². The number of rotatable bonds is 8. The van der Waals surface area contributed by atoms with Crippen molar-refractivity contribution in [2.24, 2.45) is 0 Å². The third-order valence-electron chi connectivity index (χ3n) is 4.66. The molecule has 2 amide bonds. The smallest absolute Gasteiger partial charge is 0.270 e. The van der Waals surface area contributed by atoms with Gasteiger partial charge in [-0.25, -0.2) is 0 Å². The van der Waals surface area contributed by atoms with Crippen molar-refractivity contribution >= 4 is 52.5 Å². The molecule has 0 spiro atoms. The zero-order valence-corrected chi connectivity index (χ0v) is 18.3. The van der Waals surface area contributed by atoms with Crippen molar-refractivity contribution in [1.82, 2.24) is 5.32 Å². The van der Waals surface area contributed by atoms with Gasteiger partial charge in [-0.15, -0.1) is 0 Å². The zero-order valence-electron chi connectivity index (χ0n) is 16.7. The predicted molar refractivity (Wildman–Crippen MR) is 124 cm³/mol. The van der Waals surface area contributed by atoms with Crippen LogP contribution in [0.4, 0.5) is 5.69 Å². The minimum absolute atomic E-state index is 0.0133. The molecule has 7 heteroatoms. The molecule has 30 heavy (non-hydrogen) atoms. The molecule has 5 nitrogen and oxygen atoms in total. The SMILES string of the molecule is CCCCCCOc1ccccc1/C=C1/C(=O)NC(=S)N(c2ccc(Cl)cc2)C1=O. The number of unbranched alkanes of at least 4 members (excludes halogenated alkanes) is 3. The van der Waals surface area contributed by atoms with Crippen molar-refractivity contribution in [2.75, 3.05) is 11.5 Å². The molecule has 0 bridgehead atoms. The number of thiocarbonyl (C=S) groups is 1. The number of ether oxygens (including phenoxy) is 1. The van der Waals surface area contributed by atoms with Crippen LogP contribution in [0.3, 0.4) is 0 Å². The van der Waals surface area contributed by atoms with Crippen molar-refractivity contribution in [3.8, 4) is 5.75 Å². The third kappa shape index (κ3) is 5.26. The maximum absolute atomic E-state index is 13.1. The minimum atomic E-state index is -0.534. The summed E-state index contributed by atoms with van der Waals surface area (Å²) in [6, 6.07) is 14.0. The highest BCUT2D eigenvalue weighted by Crippen LogP contribution is 2.26. The van der Waals surface area contributed by atoms with Gasteiger partial charge in [0.05, 0.1) is 12.3 Å². The fraction of sp³-hybridized carbons (Fsp3) is 0.261. The number of hydrogen-bond acceptors (Lipinski definition) is 4. The Morgan fingerprint density at radius 3 is 2.53 bits per heavy atom. The second kappa shape index (κ2) is 10.4. The van der Waals surface area contributed by atoms with Crippen LogP contribution in [-0.4, -0.2) is 23.5 Å². The lowest BCUT2D eigenvalue weighted by Crippen LogP contribution is -2.54. The molecular formula is C23H23ClN2O3S. The first kappa shape index (κ1) is 22.0. The number of nitrogens with zero attached hydrogens (tertiary/aromatic N) is 1. The van der Waals surface area contributed by atoms with Crippen LogP contribution in [0, 0.1) is 0 Å². The molecule has 0 unspecified atom stereocenters. The van der Waals surface area contributed by atoms with E-state index in [0.29, 0.717) is 28.6 Å². The number of halogens is 1. The first-order valence-corrected chi connectivity index (χ1v) is 10.7. The molecule has 156 valence electrons. The van der Waals surface area contributed by atoms with Crippen molar-refractivity contribution in [1.29, 1.82) is 0 Å². The molecular weight excluding hydrogens is 420 g/mol. The average molecular weight is 443 g/mol. The Bertz CT molecular complexity index is 973. The van der Waals surface area contributed by atoms with Gasteiger partial charge in [-0.3, -0.25) is 19.8 Å². The van der Waals surface area contributed by atoms with E-state index >= 15 is 0 Å². The van der Waals surface area contributed by atoms with Crippen LogP contribution in [0.15, 0.2) is 54.1 Å². The fourth-order valence-electron chi connectivity index (χ4n) is 3.08. The number of anilines is 1. The van der Waals surface area contributed by atoms with Crippen LogP contribution in [-0.2, 0) is 9.59 Å². The van der Waals surface area contributed by atoms with Crippen molar-refractivity contribution in [2.45, 2.75) is 32.6 Å². The van der Waals surface area contributed by atoms with Crippen LogP contribution in [0.2, 0.25) is 5.02 Å². The van der Waals surface area contributed by atoms with Gasteiger partial charge in [0, 0.05) is 10.6 Å². The van der Waals surface area contributed by atoms with Gasteiger partial charge in [-0.2, -0.15) is 0 Å². The van der Waals surface area contributed by atoms with Gasteiger partial charge in [-0.05, 0) is 55.0 Å². The Balaban J connectivity index is 1.85. The summed E-state index contributed by atoms with van der Waals surface area (Å²) in [6.07, 6.45) is 5.94. The molecule has 0 radical (unpaired) electrons. The molecule has 2 aromatic carbocycles. The van der Waals surface area contributed by atoms with Crippen molar-refractivity contribution in [3.63, 3.8) is 0 Å². The number of hydrogen-bond donors (Lipinski definition) is 1. The van der Waals surface area contributed by atoms with Gasteiger partial charge in [0.25, 0.3) is 11.8 Å². The van der Waals surface area contributed by atoms with Gasteiger partial charge in [0.15, 0.2) is 5.11 Å². The molecule has 1 heterocycles. The summed E-state index contributed by atoms with van der Waals surface area (Å²) in [6.45, 7) is 2.74. The Hall–Kier alpha value is -2.70. The highest BCUT2D eigenvalue weighted by Gasteiger charge is 2.34. The Morgan fingerprint density at radius 1 is 1.07 bits per heavy atom. The number of carbonyl (C=O) groups excluding carboxylic acids is 2. The highest BCUT2D eigenvalue weighted by atomic mass is 35.5. The monoisotopic (exact) mass is 442 g/mol. The van der Waals surface area contributed by atoms with Gasteiger partial charge in [0.2, 0.25) is 0 Å². The maximum atomic E-state index is 13.1. The van der Waals surface area contributed by atoms with Crippen LogP contribution < -0.4 is 15.0 Å². The lowest BCUT2D eigenvalue weighted by Gasteiger charge is -2.29. The average Bonchev–Trinajstić information content (AvgIpc) is 2.73. The van der Waals surface area contributed by atoms with Gasteiger partial charge in [0.1, 0.15) is 11.3 Å². The van der Waals surface area contributed by atoms with Crippen LogP contribution in [0.5, 0.6) is 5.75 Å². The summed E-state index contributed by atoms with van der Waals surface area (Å²) in [5, 5.41) is 3.16. The molecule has 0 saturated carbocycles. The van der Waals surface area contributed by atoms with Crippen LogP contribution in [0.1, 0.15) is 38.2 Å². The Morgan fingerprint density at radius 2 is 1.80 bits per heavy atom. The van der Waals surface area contributed by atoms with E-state index in [1.165, 1.54) is 11.3 Å². The standard InChI is InChI=1S/C23H23ClN2O3S/c1-2-3-4-7-14-29-20-9-6-5-8-16(20)15-19-21(27)25-23(30)26(22(19)28)18-12-10-17(24)11-13-18/h5-6,8-13,15H,2-4,7,14H2,1H3,(H,25,27,30)/b19-15-. The minimum Gasteiger partial charge on any atom is -0.493 e. The lowest BCUT2D eigenvalue weighted by atomic mass is 10.1. The van der Waals surface area contributed by atoms with Crippen LogP contribution in [0.25, 0.3) is 6.08 Å². The summed E-state index contributed by atoms with van der Waals surface area (Å²) in [4.78, 5) is 26.9. The van der Waals surface area contributed by atoms with E-state index in [9.17, 15) is 9.59 Å². The largest absolute Gasteiger partial charge is 0.493 e. The van der Waals surface area contributed by atoms with E-state index in [1.807, 2.05) is 24.3 Å². The molecule has 1 aliphatic heterocycles. The number of benzene rings is 2.